The summed E-state index contributed by atoms with van der Waals surface area (Å²) in [4.78, 5) is 11.2. The molecule has 0 amide bonds. The molecule has 0 aliphatic heterocycles. The average molecular weight is 220 g/mol. The number of carbonyl (C=O) groups is 1. The van der Waals surface area contributed by atoms with E-state index in [9.17, 15) is 15.0 Å². The van der Waals surface area contributed by atoms with Crippen molar-refractivity contribution in [3.63, 3.8) is 0 Å². The molecular formula is C13H16O3. The van der Waals surface area contributed by atoms with Crippen LogP contribution in [0.25, 0.3) is 0 Å². The van der Waals surface area contributed by atoms with Gasteiger partial charge in [-0.05, 0) is 49.9 Å². The summed E-state index contributed by atoms with van der Waals surface area (Å²) < 4.78 is 0. The third-order valence-corrected chi connectivity index (χ3v) is 3.63. The molecule has 1 aromatic rings. The topological polar surface area (TPSA) is 57.5 Å². The summed E-state index contributed by atoms with van der Waals surface area (Å²) in [5.41, 5.74) is 1.41. The molecule has 0 aromatic heterocycles. The Balaban J connectivity index is 2.41. The van der Waals surface area contributed by atoms with Gasteiger partial charge in [0.25, 0.3) is 0 Å². The van der Waals surface area contributed by atoms with Crippen LogP contribution < -0.4 is 0 Å². The molecule has 1 aromatic carbocycles. The van der Waals surface area contributed by atoms with Crippen molar-refractivity contribution < 1.29 is 15.0 Å². The first-order valence-corrected chi connectivity index (χ1v) is 5.48. The van der Waals surface area contributed by atoms with Gasteiger partial charge >= 0.3 is 5.97 Å². The predicted molar refractivity (Wildman–Crippen MR) is 60.6 cm³/mol. The maximum atomic E-state index is 11.2. The molecule has 0 saturated heterocycles. The van der Waals surface area contributed by atoms with Crippen LogP contribution in [0.1, 0.15) is 37.3 Å². The van der Waals surface area contributed by atoms with Crippen LogP contribution in [0.2, 0.25) is 0 Å². The fourth-order valence-corrected chi connectivity index (χ4v) is 2.50. The molecule has 16 heavy (non-hydrogen) atoms. The number of fused-ring (bicyclic) bond motifs is 1. The van der Waals surface area contributed by atoms with Crippen LogP contribution in [0, 0.1) is 5.41 Å². The Kier molecular flexibility index (Phi) is 2.41. The normalized spacial score (nSPS) is 19.5. The molecule has 3 heteroatoms. The zero-order valence-corrected chi connectivity index (χ0v) is 9.53. The first-order chi connectivity index (χ1) is 7.43. The molecular weight excluding hydrogens is 204 g/mol. The molecule has 0 fully saturated rings. The second kappa shape index (κ2) is 3.51. The highest BCUT2D eigenvalue weighted by molar-refractivity contribution is 5.75. The molecule has 3 nitrogen and oxygen atoms in total. The predicted octanol–water partition coefficient (Wildman–Crippen LogP) is 2.53. The number of aliphatic carboxylic acids is 1. The minimum Gasteiger partial charge on any atom is -0.508 e. The zero-order valence-electron chi connectivity index (χ0n) is 9.53. The van der Waals surface area contributed by atoms with Crippen molar-refractivity contribution in [3.8, 4) is 5.75 Å². The van der Waals surface area contributed by atoms with Crippen molar-refractivity contribution in [1.82, 2.24) is 0 Å². The summed E-state index contributed by atoms with van der Waals surface area (Å²) in [5, 5.41) is 18.6. The van der Waals surface area contributed by atoms with E-state index in [1.807, 2.05) is 6.07 Å². The highest BCUT2D eigenvalue weighted by Crippen LogP contribution is 2.45. The number of aryl methyl sites for hydroxylation is 1. The molecule has 1 unspecified atom stereocenters. The SMILES string of the molecule is CC(C)(C(=O)O)C1CCc2cc(O)ccc21. The number of carboxylic acid groups (broad SMARTS) is 1. The highest BCUT2D eigenvalue weighted by atomic mass is 16.4. The maximum absolute atomic E-state index is 11.2. The molecule has 0 radical (unpaired) electrons. The summed E-state index contributed by atoms with van der Waals surface area (Å²) in [7, 11) is 0. The van der Waals surface area contributed by atoms with Gasteiger partial charge in [0.05, 0.1) is 5.41 Å². The number of phenolic OH excluding ortho intramolecular Hbond substituents is 1. The van der Waals surface area contributed by atoms with E-state index in [2.05, 4.69) is 0 Å². The van der Waals surface area contributed by atoms with Crippen LogP contribution in [0.3, 0.4) is 0 Å². The van der Waals surface area contributed by atoms with Gasteiger partial charge in [-0.2, -0.15) is 0 Å². The van der Waals surface area contributed by atoms with Crippen LogP contribution in [-0.4, -0.2) is 16.2 Å². The van der Waals surface area contributed by atoms with Gasteiger partial charge < -0.3 is 10.2 Å². The van der Waals surface area contributed by atoms with E-state index in [1.165, 1.54) is 0 Å². The van der Waals surface area contributed by atoms with Crippen molar-refractivity contribution in [2.75, 3.05) is 0 Å². The minimum atomic E-state index is -0.765. The fraction of sp³-hybridized carbons (Fsp3) is 0.462. The van der Waals surface area contributed by atoms with Crippen LogP contribution in [0.15, 0.2) is 18.2 Å². The van der Waals surface area contributed by atoms with Crippen LogP contribution >= 0.6 is 0 Å². The number of carboxylic acids is 1. The molecule has 2 rings (SSSR count). The largest absolute Gasteiger partial charge is 0.508 e. The van der Waals surface area contributed by atoms with Gasteiger partial charge in [-0.25, -0.2) is 0 Å². The van der Waals surface area contributed by atoms with Crippen LogP contribution in [-0.2, 0) is 11.2 Å². The summed E-state index contributed by atoms with van der Waals surface area (Å²) in [6.07, 6.45) is 1.70. The summed E-state index contributed by atoms with van der Waals surface area (Å²) in [6, 6.07) is 5.23. The highest BCUT2D eigenvalue weighted by Gasteiger charge is 2.41. The minimum absolute atomic E-state index is 0.0422. The lowest BCUT2D eigenvalue weighted by atomic mass is 9.76. The lowest BCUT2D eigenvalue weighted by Gasteiger charge is -2.27. The van der Waals surface area contributed by atoms with E-state index >= 15 is 0 Å². The van der Waals surface area contributed by atoms with E-state index in [0.717, 1.165) is 24.0 Å². The van der Waals surface area contributed by atoms with Crippen molar-refractivity contribution in [1.29, 1.82) is 0 Å². The summed E-state index contributed by atoms with van der Waals surface area (Å²) in [6.45, 7) is 3.53. The molecule has 0 bridgehead atoms. The first-order valence-electron chi connectivity index (χ1n) is 5.48. The Labute approximate surface area is 94.7 Å². The smallest absolute Gasteiger partial charge is 0.309 e. The quantitative estimate of drug-likeness (QED) is 0.805. The number of rotatable bonds is 2. The summed E-state index contributed by atoms with van der Waals surface area (Å²) in [5.74, 6) is -0.466. The van der Waals surface area contributed by atoms with E-state index in [4.69, 9.17) is 0 Å². The first kappa shape index (κ1) is 11.0. The molecule has 1 aliphatic carbocycles. The van der Waals surface area contributed by atoms with Crippen molar-refractivity contribution >= 4 is 5.97 Å². The van der Waals surface area contributed by atoms with Crippen molar-refractivity contribution in [3.05, 3.63) is 29.3 Å². The number of hydrogen-bond donors (Lipinski definition) is 2. The molecule has 1 aliphatic rings. The Bertz CT molecular complexity index is 435. The van der Waals surface area contributed by atoms with Crippen LogP contribution in [0.5, 0.6) is 5.75 Å². The van der Waals surface area contributed by atoms with Crippen molar-refractivity contribution in [2.45, 2.75) is 32.6 Å². The molecule has 1 atom stereocenters. The van der Waals surface area contributed by atoms with E-state index < -0.39 is 11.4 Å². The molecule has 0 spiro atoms. The van der Waals surface area contributed by atoms with Crippen molar-refractivity contribution in [2.24, 2.45) is 5.41 Å². The number of benzene rings is 1. The lowest BCUT2D eigenvalue weighted by molar-refractivity contribution is -0.148. The molecule has 2 N–H and O–H groups in total. The summed E-state index contributed by atoms with van der Waals surface area (Å²) >= 11 is 0. The third kappa shape index (κ3) is 1.56. The Morgan fingerprint density at radius 2 is 2.12 bits per heavy atom. The number of phenols is 1. The van der Waals surface area contributed by atoms with Crippen LogP contribution in [0.4, 0.5) is 0 Å². The fourth-order valence-electron chi connectivity index (χ4n) is 2.50. The van der Waals surface area contributed by atoms with Gasteiger partial charge in [0, 0.05) is 5.92 Å². The molecule has 86 valence electrons. The van der Waals surface area contributed by atoms with Gasteiger partial charge in [0.1, 0.15) is 5.75 Å². The van der Waals surface area contributed by atoms with E-state index in [1.54, 1.807) is 26.0 Å². The number of aromatic hydroxyl groups is 1. The third-order valence-electron chi connectivity index (χ3n) is 3.63. The van der Waals surface area contributed by atoms with Gasteiger partial charge in [-0.1, -0.05) is 6.07 Å². The second-order valence-electron chi connectivity index (χ2n) is 5.00. The Hall–Kier alpha value is -1.51. The monoisotopic (exact) mass is 220 g/mol. The van der Waals surface area contributed by atoms with E-state index in [0.29, 0.717) is 0 Å². The molecule has 0 saturated carbocycles. The average Bonchev–Trinajstić information content (AvgIpc) is 2.60. The van der Waals surface area contributed by atoms with Gasteiger partial charge in [-0.3, -0.25) is 4.79 Å². The Morgan fingerprint density at radius 1 is 1.44 bits per heavy atom. The number of hydrogen-bond acceptors (Lipinski definition) is 2. The van der Waals surface area contributed by atoms with Gasteiger partial charge in [-0.15, -0.1) is 0 Å². The Morgan fingerprint density at radius 3 is 2.75 bits per heavy atom. The van der Waals surface area contributed by atoms with Gasteiger partial charge in [0.2, 0.25) is 0 Å². The van der Waals surface area contributed by atoms with Gasteiger partial charge in [0.15, 0.2) is 0 Å². The second-order valence-corrected chi connectivity index (χ2v) is 5.00. The standard InChI is InChI=1S/C13H16O3/c1-13(2,12(15)16)11-6-3-8-7-9(14)4-5-10(8)11/h4-5,7,11,14H,3,6H2,1-2H3,(H,15,16). The molecule has 0 heterocycles. The van der Waals surface area contributed by atoms with E-state index in [-0.39, 0.29) is 11.7 Å². The maximum Gasteiger partial charge on any atom is 0.309 e. The lowest BCUT2D eigenvalue weighted by Crippen LogP contribution is -2.30. The zero-order chi connectivity index (χ0) is 11.9.